The van der Waals surface area contributed by atoms with Crippen molar-refractivity contribution in [3.63, 3.8) is 0 Å². The largest absolute Gasteiger partial charge is 0.308 e. The van der Waals surface area contributed by atoms with E-state index in [0.29, 0.717) is 5.02 Å². The maximum Gasteiger partial charge on any atom is 0.124 e. The van der Waals surface area contributed by atoms with Gasteiger partial charge >= 0.3 is 0 Å². The van der Waals surface area contributed by atoms with E-state index in [2.05, 4.69) is 31.2 Å². The van der Waals surface area contributed by atoms with Gasteiger partial charge in [0.2, 0.25) is 0 Å². The second kappa shape index (κ2) is 7.08. The number of nitrogens with zero attached hydrogens (tertiary/aromatic N) is 1. The molecule has 0 saturated heterocycles. The molecule has 1 saturated carbocycles. The van der Waals surface area contributed by atoms with Crippen LogP contribution in [0.15, 0.2) is 18.2 Å². The van der Waals surface area contributed by atoms with Gasteiger partial charge in [-0.15, -0.1) is 0 Å². The minimum absolute atomic E-state index is 0.122. The third-order valence-electron chi connectivity index (χ3n) is 4.90. The summed E-state index contributed by atoms with van der Waals surface area (Å²) in [4.78, 5) is 2.36. The summed E-state index contributed by atoms with van der Waals surface area (Å²) < 4.78 is 13.1. The fraction of sp³-hybridized carbons (Fsp3) is 0.647. The van der Waals surface area contributed by atoms with Crippen molar-refractivity contribution >= 4 is 11.6 Å². The van der Waals surface area contributed by atoms with Gasteiger partial charge in [-0.2, -0.15) is 0 Å². The second-order valence-corrected chi connectivity index (χ2v) is 6.86. The quantitative estimate of drug-likeness (QED) is 0.867. The van der Waals surface area contributed by atoms with Crippen molar-refractivity contribution in [1.29, 1.82) is 0 Å². The molecule has 1 aliphatic rings. The van der Waals surface area contributed by atoms with Gasteiger partial charge in [0.05, 0.1) is 0 Å². The molecule has 2 rings (SSSR count). The smallest absolute Gasteiger partial charge is 0.124 e. The first kappa shape index (κ1) is 16.7. The third kappa shape index (κ3) is 3.97. The molecule has 1 unspecified atom stereocenters. The standard InChI is InChI=1S/C17H26ClFN2/c1-13(15-8-7-14(19)11-16(15)18)20-12-17(21(2)3)9-5-4-6-10-17/h7-8,11,13,20H,4-6,9-10,12H2,1-3H3. The molecule has 1 aromatic carbocycles. The monoisotopic (exact) mass is 312 g/mol. The summed E-state index contributed by atoms with van der Waals surface area (Å²) in [7, 11) is 4.34. The molecule has 2 nitrogen and oxygen atoms in total. The average Bonchev–Trinajstić information content (AvgIpc) is 2.45. The summed E-state index contributed by atoms with van der Waals surface area (Å²) in [6.07, 6.45) is 6.40. The van der Waals surface area contributed by atoms with Crippen LogP contribution < -0.4 is 5.32 Å². The van der Waals surface area contributed by atoms with E-state index < -0.39 is 0 Å². The molecule has 1 N–H and O–H groups in total. The first-order valence-electron chi connectivity index (χ1n) is 7.80. The Labute approximate surface area is 132 Å². The normalized spacial score (nSPS) is 19.7. The summed E-state index contributed by atoms with van der Waals surface area (Å²) in [5.41, 5.74) is 1.20. The lowest BCUT2D eigenvalue weighted by Crippen LogP contribution is -2.53. The minimum atomic E-state index is -0.284. The fourth-order valence-electron chi connectivity index (χ4n) is 3.30. The van der Waals surface area contributed by atoms with Gasteiger partial charge in [0.1, 0.15) is 5.82 Å². The van der Waals surface area contributed by atoms with E-state index in [0.717, 1.165) is 12.1 Å². The number of hydrogen-bond donors (Lipinski definition) is 1. The zero-order chi connectivity index (χ0) is 15.5. The van der Waals surface area contributed by atoms with Gasteiger partial charge in [-0.25, -0.2) is 4.39 Å². The van der Waals surface area contributed by atoms with E-state index in [-0.39, 0.29) is 17.4 Å². The zero-order valence-corrected chi connectivity index (χ0v) is 14.0. The summed E-state index contributed by atoms with van der Waals surface area (Å²) in [6.45, 7) is 3.03. The van der Waals surface area contributed by atoms with Gasteiger partial charge in [0.25, 0.3) is 0 Å². The van der Waals surface area contributed by atoms with Gasteiger partial charge < -0.3 is 10.2 Å². The highest BCUT2D eigenvalue weighted by Crippen LogP contribution is 2.32. The summed E-state index contributed by atoms with van der Waals surface area (Å²) in [6, 6.07) is 4.76. The molecule has 0 aromatic heterocycles. The van der Waals surface area contributed by atoms with E-state index in [1.54, 1.807) is 6.07 Å². The topological polar surface area (TPSA) is 15.3 Å². The lowest BCUT2D eigenvalue weighted by Gasteiger charge is -2.44. The Kier molecular flexibility index (Phi) is 5.64. The summed E-state index contributed by atoms with van der Waals surface area (Å²) in [5.74, 6) is -0.284. The SMILES string of the molecule is CC(NCC1(N(C)C)CCCCC1)c1ccc(F)cc1Cl. The second-order valence-electron chi connectivity index (χ2n) is 6.45. The number of halogens is 2. The van der Waals surface area contributed by atoms with Gasteiger partial charge in [0, 0.05) is 23.1 Å². The minimum Gasteiger partial charge on any atom is -0.308 e. The van der Waals surface area contributed by atoms with Crippen LogP contribution in [0, 0.1) is 5.82 Å². The molecule has 118 valence electrons. The molecule has 0 aliphatic heterocycles. The van der Waals surface area contributed by atoms with Crippen LogP contribution in [-0.2, 0) is 0 Å². The molecule has 0 amide bonds. The van der Waals surface area contributed by atoms with Crippen LogP contribution in [0.5, 0.6) is 0 Å². The maximum atomic E-state index is 13.1. The predicted molar refractivity (Wildman–Crippen MR) is 87.3 cm³/mol. The van der Waals surface area contributed by atoms with Gasteiger partial charge in [-0.1, -0.05) is 36.9 Å². The van der Waals surface area contributed by atoms with Gasteiger partial charge in [0.15, 0.2) is 0 Å². The molecule has 1 atom stereocenters. The third-order valence-corrected chi connectivity index (χ3v) is 5.23. The molecule has 21 heavy (non-hydrogen) atoms. The number of hydrogen-bond acceptors (Lipinski definition) is 2. The van der Waals surface area contributed by atoms with Crippen LogP contribution >= 0.6 is 11.6 Å². The molecule has 1 aliphatic carbocycles. The Bertz CT molecular complexity index is 470. The summed E-state index contributed by atoms with van der Waals surface area (Å²) in [5, 5.41) is 4.10. The first-order chi connectivity index (χ1) is 9.94. The molecule has 0 radical (unpaired) electrons. The average molecular weight is 313 g/mol. The Hall–Kier alpha value is -0.640. The number of nitrogens with one attached hydrogen (secondary N) is 1. The highest BCUT2D eigenvalue weighted by atomic mass is 35.5. The van der Waals surface area contributed by atoms with E-state index in [9.17, 15) is 4.39 Å². The summed E-state index contributed by atoms with van der Waals surface area (Å²) >= 11 is 6.15. The number of rotatable bonds is 5. The lowest BCUT2D eigenvalue weighted by atomic mass is 9.80. The number of likely N-dealkylation sites (N-methyl/N-ethyl adjacent to an activating group) is 1. The van der Waals surface area contributed by atoms with Crippen LogP contribution in [0.4, 0.5) is 4.39 Å². The molecule has 4 heteroatoms. The van der Waals surface area contributed by atoms with Gasteiger partial charge in [-0.05, 0) is 51.6 Å². The van der Waals surface area contributed by atoms with E-state index >= 15 is 0 Å². The van der Waals surface area contributed by atoms with Crippen LogP contribution in [0.3, 0.4) is 0 Å². The van der Waals surface area contributed by atoms with E-state index in [1.807, 2.05) is 0 Å². The van der Waals surface area contributed by atoms with Crippen LogP contribution in [0.1, 0.15) is 50.6 Å². The molecule has 0 bridgehead atoms. The highest BCUT2D eigenvalue weighted by Gasteiger charge is 2.34. The lowest BCUT2D eigenvalue weighted by molar-refractivity contribution is 0.0958. The van der Waals surface area contributed by atoms with E-state index in [4.69, 9.17) is 11.6 Å². The molecular weight excluding hydrogens is 287 g/mol. The van der Waals surface area contributed by atoms with Crippen molar-refractivity contribution in [2.24, 2.45) is 0 Å². The van der Waals surface area contributed by atoms with Crippen molar-refractivity contribution < 1.29 is 4.39 Å². The molecule has 1 fully saturated rings. The first-order valence-corrected chi connectivity index (χ1v) is 8.18. The van der Waals surface area contributed by atoms with Crippen molar-refractivity contribution in [2.75, 3.05) is 20.6 Å². The van der Waals surface area contributed by atoms with E-state index in [1.165, 1.54) is 44.2 Å². The molecule has 1 aromatic rings. The van der Waals surface area contributed by atoms with Crippen molar-refractivity contribution in [1.82, 2.24) is 10.2 Å². The van der Waals surface area contributed by atoms with Crippen molar-refractivity contribution in [3.8, 4) is 0 Å². The van der Waals surface area contributed by atoms with Crippen LogP contribution in [0.25, 0.3) is 0 Å². The Morgan fingerprint density at radius 3 is 2.52 bits per heavy atom. The Morgan fingerprint density at radius 1 is 1.29 bits per heavy atom. The Balaban J connectivity index is 2.03. The van der Waals surface area contributed by atoms with Crippen LogP contribution in [0.2, 0.25) is 5.02 Å². The maximum absolute atomic E-state index is 13.1. The Morgan fingerprint density at radius 2 is 1.95 bits per heavy atom. The highest BCUT2D eigenvalue weighted by molar-refractivity contribution is 6.31. The molecule has 0 spiro atoms. The predicted octanol–water partition coefficient (Wildman–Crippen LogP) is 4.39. The van der Waals surface area contributed by atoms with Gasteiger partial charge in [-0.3, -0.25) is 0 Å². The fourth-order valence-corrected chi connectivity index (χ4v) is 3.63. The number of benzene rings is 1. The van der Waals surface area contributed by atoms with Crippen molar-refractivity contribution in [3.05, 3.63) is 34.6 Å². The molecular formula is C17H26ClFN2. The van der Waals surface area contributed by atoms with Crippen molar-refractivity contribution in [2.45, 2.75) is 50.6 Å². The van der Waals surface area contributed by atoms with Crippen LogP contribution in [-0.4, -0.2) is 31.1 Å². The molecule has 0 heterocycles. The zero-order valence-electron chi connectivity index (χ0n) is 13.3.